The molecule has 2 unspecified atom stereocenters. The van der Waals surface area contributed by atoms with E-state index in [4.69, 9.17) is 32.1 Å². The molecule has 1 fully saturated rings. The van der Waals surface area contributed by atoms with Crippen molar-refractivity contribution in [3.8, 4) is 5.75 Å². The number of epoxide rings is 1. The van der Waals surface area contributed by atoms with Gasteiger partial charge >= 0.3 is 10.3 Å². The monoisotopic (exact) mass is 369 g/mol. The van der Waals surface area contributed by atoms with E-state index in [9.17, 15) is 8.42 Å². The molecule has 0 N–H and O–H groups in total. The Labute approximate surface area is 142 Å². The van der Waals surface area contributed by atoms with Crippen molar-refractivity contribution in [1.29, 1.82) is 0 Å². The van der Waals surface area contributed by atoms with E-state index in [1.165, 1.54) is 0 Å². The predicted molar refractivity (Wildman–Crippen MR) is 86.6 cm³/mol. The quantitative estimate of drug-likeness (QED) is 0.758. The molecule has 1 saturated heterocycles. The van der Waals surface area contributed by atoms with Gasteiger partial charge in [0.15, 0.2) is 5.75 Å². The lowest BCUT2D eigenvalue weighted by molar-refractivity contribution is 0.399. The molecule has 0 radical (unpaired) electrons. The van der Waals surface area contributed by atoms with Crippen LogP contribution in [0.15, 0.2) is 46.9 Å². The van der Waals surface area contributed by atoms with Gasteiger partial charge in [0, 0.05) is 21.2 Å². The SMILES string of the molecule is O=S1(=O)N=C(C2OC2c2c(Cl)cccc2Cl)c2ccccc2O1. The minimum absolute atomic E-state index is 0.233. The second-order valence-electron chi connectivity index (χ2n) is 5.10. The van der Waals surface area contributed by atoms with Crippen molar-refractivity contribution < 1.29 is 17.3 Å². The standard InChI is InChI=1S/C15H9Cl2NO4S/c16-9-5-3-6-10(17)12(9)14-15(21-14)13-8-4-1-2-7-11(8)22-23(19,20)18-13/h1-7,14-15H. The molecule has 2 aromatic rings. The highest BCUT2D eigenvalue weighted by Gasteiger charge is 2.49. The van der Waals surface area contributed by atoms with Gasteiger partial charge in [0.05, 0.1) is 0 Å². The molecule has 2 atom stereocenters. The summed E-state index contributed by atoms with van der Waals surface area (Å²) in [5, 5.41) is 0.933. The molecule has 2 aromatic carbocycles. The number of fused-ring (bicyclic) bond motifs is 1. The Kier molecular flexibility index (Phi) is 3.39. The number of rotatable bonds is 2. The summed E-state index contributed by atoms with van der Waals surface area (Å²) in [5.74, 6) is 0.233. The predicted octanol–water partition coefficient (Wildman–Crippen LogP) is 3.56. The molecule has 2 aliphatic heterocycles. The minimum Gasteiger partial charge on any atom is -0.365 e. The zero-order valence-electron chi connectivity index (χ0n) is 11.4. The number of para-hydroxylation sites is 1. The summed E-state index contributed by atoms with van der Waals surface area (Å²) < 4.78 is 37.9. The van der Waals surface area contributed by atoms with Gasteiger partial charge in [-0.3, -0.25) is 0 Å². The van der Waals surface area contributed by atoms with E-state index < -0.39 is 22.5 Å². The van der Waals surface area contributed by atoms with E-state index in [-0.39, 0.29) is 5.75 Å². The Balaban J connectivity index is 1.76. The molecular weight excluding hydrogens is 361 g/mol. The summed E-state index contributed by atoms with van der Waals surface area (Å²) in [6.45, 7) is 0. The second-order valence-corrected chi connectivity index (χ2v) is 7.12. The molecule has 118 valence electrons. The molecule has 23 heavy (non-hydrogen) atoms. The second kappa shape index (κ2) is 5.21. The molecule has 2 aliphatic rings. The van der Waals surface area contributed by atoms with Gasteiger partial charge in [0.2, 0.25) is 0 Å². The van der Waals surface area contributed by atoms with Gasteiger partial charge in [0.1, 0.15) is 17.9 Å². The van der Waals surface area contributed by atoms with Crippen molar-refractivity contribution in [2.45, 2.75) is 12.2 Å². The van der Waals surface area contributed by atoms with Gasteiger partial charge in [-0.2, -0.15) is 8.42 Å². The lowest BCUT2D eigenvalue weighted by atomic mass is 10.0. The third-order valence-corrected chi connectivity index (χ3v) is 5.08. The van der Waals surface area contributed by atoms with Crippen LogP contribution in [-0.2, 0) is 15.0 Å². The number of ether oxygens (including phenoxy) is 1. The number of benzene rings is 2. The summed E-state index contributed by atoms with van der Waals surface area (Å²) in [6.07, 6.45) is -0.969. The average molecular weight is 370 g/mol. The van der Waals surface area contributed by atoms with Crippen molar-refractivity contribution in [3.05, 3.63) is 63.6 Å². The fraction of sp³-hybridized carbons (Fsp3) is 0.133. The van der Waals surface area contributed by atoms with Crippen molar-refractivity contribution in [2.24, 2.45) is 4.40 Å². The van der Waals surface area contributed by atoms with Gasteiger partial charge < -0.3 is 8.92 Å². The van der Waals surface area contributed by atoms with E-state index in [1.54, 1.807) is 42.5 Å². The zero-order chi connectivity index (χ0) is 16.2. The number of nitrogens with zero attached hydrogens (tertiary/aromatic N) is 1. The first-order chi connectivity index (χ1) is 11.0. The largest absolute Gasteiger partial charge is 0.428 e. The fourth-order valence-corrected chi connectivity index (χ4v) is 4.05. The Morgan fingerprint density at radius 3 is 2.39 bits per heavy atom. The van der Waals surface area contributed by atoms with Gasteiger partial charge in [-0.15, -0.1) is 4.40 Å². The molecule has 0 amide bonds. The Bertz CT molecular complexity index is 922. The van der Waals surface area contributed by atoms with Crippen LogP contribution in [0, 0.1) is 0 Å². The number of hydrogen-bond acceptors (Lipinski definition) is 4. The maximum atomic E-state index is 11.8. The van der Waals surface area contributed by atoms with Crippen LogP contribution in [0.4, 0.5) is 0 Å². The van der Waals surface area contributed by atoms with Gasteiger partial charge in [0.25, 0.3) is 0 Å². The van der Waals surface area contributed by atoms with Crippen LogP contribution in [0.2, 0.25) is 10.0 Å². The van der Waals surface area contributed by atoms with Crippen molar-refractivity contribution in [2.75, 3.05) is 0 Å². The topological polar surface area (TPSA) is 68.3 Å². The van der Waals surface area contributed by atoms with Gasteiger partial charge in [-0.05, 0) is 24.3 Å². The first kappa shape index (κ1) is 15.0. The van der Waals surface area contributed by atoms with E-state index in [2.05, 4.69) is 4.40 Å². The number of hydrogen-bond donors (Lipinski definition) is 0. The van der Waals surface area contributed by atoms with Crippen LogP contribution >= 0.6 is 23.2 Å². The zero-order valence-corrected chi connectivity index (χ0v) is 13.8. The van der Waals surface area contributed by atoms with E-state index in [0.29, 0.717) is 26.9 Å². The van der Waals surface area contributed by atoms with Crippen molar-refractivity contribution in [3.63, 3.8) is 0 Å². The lowest BCUT2D eigenvalue weighted by Crippen LogP contribution is -2.22. The van der Waals surface area contributed by atoms with Gasteiger partial charge in [-0.1, -0.05) is 41.4 Å². The highest BCUT2D eigenvalue weighted by Crippen LogP contribution is 2.48. The highest BCUT2D eigenvalue weighted by molar-refractivity contribution is 7.86. The molecule has 5 nitrogen and oxygen atoms in total. The molecule has 4 rings (SSSR count). The first-order valence-electron chi connectivity index (χ1n) is 6.69. The third-order valence-electron chi connectivity index (χ3n) is 3.61. The summed E-state index contributed by atoms with van der Waals surface area (Å²) in [5.41, 5.74) is 1.51. The Morgan fingerprint density at radius 1 is 0.957 bits per heavy atom. The maximum Gasteiger partial charge on any atom is 0.428 e. The molecule has 0 aromatic heterocycles. The van der Waals surface area contributed by atoms with E-state index in [0.717, 1.165) is 0 Å². The summed E-state index contributed by atoms with van der Waals surface area (Å²) >= 11 is 12.4. The smallest absolute Gasteiger partial charge is 0.365 e. The minimum atomic E-state index is -4.03. The summed E-state index contributed by atoms with van der Waals surface area (Å²) in [4.78, 5) is 0. The van der Waals surface area contributed by atoms with Crippen molar-refractivity contribution in [1.82, 2.24) is 0 Å². The molecule has 0 spiro atoms. The molecule has 0 saturated carbocycles. The maximum absolute atomic E-state index is 11.8. The average Bonchev–Trinajstić information content (AvgIpc) is 3.25. The number of halogens is 2. The van der Waals surface area contributed by atoms with Crippen molar-refractivity contribution >= 4 is 39.2 Å². The Morgan fingerprint density at radius 2 is 1.65 bits per heavy atom. The van der Waals surface area contributed by atoms with Crippen LogP contribution < -0.4 is 4.18 Å². The molecule has 0 aliphatic carbocycles. The highest BCUT2D eigenvalue weighted by atomic mass is 35.5. The Hall–Kier alpha value is -1.60. The first-order valence-corrected chi connectivity index (χ1v) is 8.81. The fourth-order valence-electron chi connectivity index (χ4n) is 2.58. The summed E-state index contributed by atoms with van der Waals surface area (Å²) in [7, 11) is -4.03. The normalized spacial score (nSPS) is 24.3. The van der Waals surface area contributed by atoms with Crippen LogP contribution in [0.1, 0.15) is 17.2 Å². The van der Waals surface area contributed by atoms with Crippen LogP contribution in [0.3, 0.4) is 0 Å². The van der Waals surface area contributed by atoms with E-state index >= 15 is 0 Å². The molecule has 2 heterocycles. The summed E-state index contributed by atoms with van der Waals surface area (Å²) in [6, 6.07) is 11.9. The molecular formula is C15H9Cl2NO4S. The molecule has 0 bridgehead atoms. The van der Waals surface area contributed by atoms with E-state index in [1.807, 2.05) is 0 Å². The van der Waals surface area contributed by atoms with Crippen LogP contribution in [0.5, 0.6) is 5.75 Å². The van der Waals surface area contributed by atoms with Crippen LogP contribution in [0.25, 0.3) is 0 Å². The van der Waals surface area contributed by atoms with Crippen LogP contribution in [-0.4, -0.2) is 20.2 Å². The molecule has 8 heteroatoms. The lowest BCUT2D eigenvalue weighted by Gasteiger charge is -2.15. The third kappa shape index (κ3) is 2.61. The van der Waals surface area contributed by atoms with Gasteiger partial charge in [-0.25, -0.2) is 0 Å².